The third-order valence-electron chi connectivity index (χ3n) is 1.18. The second-order valence-electron chi connectivity index (χ2n) is 1.68. The van der Waals surface area contributed by atoms with Crippen molar-refractivity contribution < 1.29 is 13.3 Å². The van der Waals surface area contributed by atoms with Crippen molar-refractivity contribution in [1.82, 2.24) is 0 Å². The maximum absolute atomic E-state index is 5.30. The van der Waals surface area contributed by atoms with Crippen molar-refractivity contribution in [3.63, 3.8) is 0 Å². The van der Waals surface area contributed by atoms with E-state index in [0.29, 0.717) is 12.0 Å². The molecule has 0 amide bonds. The van der Waals surface area contributed by atoms with Crippen LogP contribution in [0.1, 0.15) is 34.6 Å². The summed E-state index contributed by atoms with van der Waals surface area (Å²) in [7, 11) is 0.817. The van der Waals surface area contributed by atoms with Gasteiger partial charge in [0.25, 0.3) is 0 Å². The molecule has 3 nitrogen and oxygen atoms in total. The highest BCUT2D eigenvalue weighted by Gasteiger charge is 2.36. The molecule has 0 aliphatic heterocycles. The molecule has 0 saturated carbocycles. The second kappa shape index (κ2) is 15.9. The Morgan fingerprint density at radius 2 is 1.36 bits per heavy atom. The lowest BCUT2D eigenvalue weighted by Crippen LogP contribution is -2.46. The summed E-state index contributed by atoms with van der Waals surface area (Å²) in [6, 6.07) is 0. The van der Waals surface area contributed by atoms with Crippen molar-refractivity contribution in [3.05, 3.63) is 0 Å². The lowest BCUT2D eigenvalue weighted by Gasteiger charge is -2.23. The Morgan fingerprint density at radius 1 is 1.00 bits per heavy atom. The Hall–Kier alpha value is 0.447. The van der Waals surface area contributed by atoms with E-state index in [9.17, 15) is 0 Å². The van der Waals surface area contributed by atoms with Gasteiger partial charge in [0.05, 0.1) is 5.38 Å². The predicted octanol–water partition coefficient (Wildman–Crippen LogP) is 2.78. The SMILES string of the molecule is CC.CC.CCO[Si](CS)(OC)OC. The van der Waals surface area contributed by atoms with E-state index in [2.05, 4.69) is 12.6 Å². The van der Waals surface area contributed by atoms with Gasteiger partial charge < -0.3 is 13.3 Å². The highest BCUT2D eigenvalue weighted by atomic mass is 32.1. The zero-order valence-electron chi connectivity index (χ0n) is 10.6. The molecule has 90 valence electrons. The number of hydrogen-bond donors (Lipinski definition) is 1. The minimum atomic E-state index is -2.35. The van der Waals surface area contributed by atoms with Crippen LogP contribution in [0.15, 0.2) is 0 Å². The van der Waals surface area contributed by atoms with Gasteiger partial charge in [-0.25, -0.2) is 0 Å². The minimum Gasteiger partial charge on any atom is -0.376 e. The molecule has 0 rings (SSSR count). The van der Waals surface area contributed by atoms with Crippen LogP contribution in [-0.2, 0) is 13.3 Å². The molecule has 0 aromatic rings. The second-order valence-corrected chi connectivity index (χ2v) is 5.42. The third-order valence-corrected chi connectivity index (χ3v) is 4.70. The fraction of sp³-hybridized carbons (Fsp3) is 1.00. The summed E-state index contributed by atoms with van der Waals surface area (Å²) in [5.74, 6) is 0. The fourth-order valence-corrected chi connectivity index (χ4v) is 2.84. The maximum atomic E-state index is 5.30. The van der Waals surface area contributed by atoms with Crippen molar-refractivity contribution in [2.45, 2.75) is 34.6 Å². The van der Waals surface area contributed by atoms with Gasteiger partial charge in [0.1, 0.15) is 0 Å². The molecule has 0 aromatic heterocycles. The van der Waals surface area contributed by atoms with Crippen LogP contribution >= 0.6 is 12.6 Å². The lowest BCUT2D eigenvalue weighted by molar-refractivity contribution is 0.111. The van der Waals surface area contributed by atoms with Crippen molar-refractivity contribution in [1.29, 1.82) is 0 Å². The fourth-order valence-electron chi connectivity index (χ4n) is 0.596. The molecule has 0 aliphatic carbocycles. The minimum absolute atomic E-state index is 0.522. The molecule has 0 aliphatic rings. The molecular formula is C9H26O3SSi. The molecule has 0 aromatic carbocycles. The van der Waals surface area contributed by atoms with Crippen molar-refractivity contribution in [3.8, 4) is 0 Å². The van der Waals surface area contributed by atoms with Crippen LogP contribution < -0.4 is 0 Å². The van der Waals surface area contributed by atoms with Gasteiger partial charge in [0, 0.05) is 20.8 Å². The topological polar surface area (TPSA) is 27.7 Å². The summed E-state index contributed by atoms with van der Waals surface area (Å²) in [5, 5.41) is 0.522. The van der Waals surface area contributed by atoms with Gasteiger partial charge in [-0.15, -0.1) is 0 Å². The van der Waals surface area contributed by atoms with Gasteiger partial charge in [-0.1, -0.05) is 27.7 Å². The molecule has 14 heavy (non-hydrogen) atoms. The smallest absolute Gasteiger partial charge is 0.376 e. The molecule has 0 N–H and O–H groups in total. The summed E-state index contributed by atoms with van der Waals surface area (Å²) in [6.45, 7) is 10.5. The van der Waals surface area contributed by atoms with Gasteiger partial charge in [0.2, 0.25) is 0 Å². The maximum Gasteiger partial charge on any atom is 0.510 e. The summed E-state index contributed by atoms with van der Waals surface area (Å²) in [6.07, 6.45) is 0. The van der Waals surface area contributed by atoms with E-state index in [1.54, 1.807) is 14.2 Å². The molecule has 0 saturated heterocycles. The molecule has 0 spiro atoms. The standard InChI is InChI=1S/C5H14O3SSi.2C2H6/c1-4-8-10(5-9,6-2)7-3;2*1-2/h9H,4-5H2,1-3H3;2*1-2H3. The normalized spacial score (nSPS) is 9.43. The van der Waals surface area contributed by atoms with E-state index in [0.717, 1.165) is 0 Å². The van der Waals surface area contributed by atoms with E-state index in [-0.39, 0.29) is 0 Å². The Bertz CT molecular complexity index is 81.9. The number of rotatable bonds is 5. The molecule has 0 atom stereocenters. The van der Waals surface area contributed by atoms with Crippen LogP contribution in [0.25, 0.3) is 0 Å². The first-order chi connectivity index (χ1) is 6.74. The van der Waals surface area contributed by atoms with Gasteiger partial charge in [-0.3, -0.25) is 0 Å². The van der Waals surface area contributed by atoms with Gasteiger partial charge in [-0.2, -0.15) is 12.6 Å². The van der Waals surface area contributed by atoms with Crippen LogP contribution in [0.3, 0.4) is 0 Å². The highest BCUT2D eigenvalue weighted by molar-refractivity contribution is 7.82. The Kier molecular flexibility index (Phi) is 22.6. The summed E-state index contributed by atoms with van der Waals surface area (Å²) < 4.78 is 15.5. The van der Waals surface area contributed by atoms with Crippen molar-refractivity contribution in [2.24, 2.45) is 0 Å². The van der Waals surface area contributed by atoms with Gasteiger partial charge >= 0.3 is 8.80 Å². The average Bonchev–Trinajstić information content (AvgIpc) is 2.31. The van der Waals surface area contributed by atoms with E-state index < -0.39 is 8.80 Å². The van der Waals surface area contributed by atoms with E-state index in [1.165, 1.54) is 0 Å². The highest BCUT2D eigenvalue weighted by Crippen LogP contribution is 2.08. The Morgan fingerprint density at radius 3 is 1.43 bits per heavy atom. The molecule has 0 fully saturated rings. The van der Waals surface area contributed by atoms with Crippen molar-refractivity contribution >= 4 is 21.4 Å². The largest absolute Gasteiger partial charge is 0.510 e. The van der Waals surface area contributed by atoms with E-state index >= 15 is 0 Å². The van der Waals surface area contributed by atoms with Crippen LogP contribution in [0.5, 0.6) is 0 Å². The Labute approximate surface area is 95.9 Å². The first kappa shape index (κ1) is 19.9. The predicted molar refractivity (Wildman–Crippen MR) is 67.9 cm³/mol. The summed E-state index contributed by atoms with van der Waals surface area (Å²) >= 11 is 4.08. The summed E-state index contributed by atoms with van der Waals surface area (Å²) in [5.41, 5.74) is 0. The first-order valence-electron chi connectivity index (χ1n) is 5.09. The molecule has 0 heterocycles. The molecule has 0 unspecified atom stereocenters. The van der Waals surface area contributed by atoms with Crippen LogP contribution in [0.2, 0.25) is 0 Å². The number of thiol groups is 1. The monoisotopic (exact) mass is 242 g/mol. The quantitative estimate of drug-likeness (QED) is 0.593. The van der Waals surface area contributed by atoms with Gasteiger partial charge in [-0.05, 0) is 6.92 Å². The van der Waals surface area contributed by atoms with E-state index in [4.69, 9.17) is 13.3 Å². The van der Waals surface area contributed by atoms with Gasteiger partial charge in [0.15, 0.2) is 0 Å². The average molecular weight is 242 g/mol. The zero-order valence-corrected chi connectivity index (χ0v) is 12.5. The van der Waals surface area contributed by atoms with Crippen molar-refractivity contribution in [2.75, 3.05) is 26.2 Å². The summed E-state index contributed by atoms with van der Waals surface area (Å²) in [4.78, 5) is 0. The van der Waals surface area contributed by atoms with E-state index in [1.807, 2.05) is 34.6 Å². The van der Waals surface area contributed by atoms with Crippen LogP contribution in [0, 0.1) is 0 Å². The Balaban J connectivity index is -0.000000266. The molecule has 0 bridgehead atoms. The zero-order chi connectivity index (χ0) is 12.0. The lowest BCUT2D eigenvalue weighted by atomic mass is 10.9. The number of hydrogen-bond acceptors (Lipinski definition) is 4. The van der Waals surface area contributed by atoms with Crippen LogP contribution in [-0.4, -0.2) is 35.0 Å². The molecule has 5 heteroatoms. The first-order valence-corrected chi connectivity index (χ1v) is 7.66. The molecule has 0 radical (unpaired) electrons. The molecular weight excluding hydrogens is 216 g/mol. The third kappa shape index (κ3) is 9.02. The van der Waals surface area contributed by atoms with Crippen LogP contribution in [0.4, 0.5) is 0 Å².